The molecule has 0 atom stereocenters. The van der Waals surface area contributed by atoms with Crippen molar-refractivity contribution in [2.24, 2.45) is 5.73 Å². The van der Waals surface area contributed by atoms with Crippen molar-refractivity contribution in [3.8, 4) is 0 Å². The quantitative estimate of drug-likeness (QED) is 0.803. The van der Waals surface area contributed by atoms with E-state index in [9.17, 15) is 4.79 Å². The minimum absolute atomic E-state index is 0.227. The Kier molecular flexibility index (Phi) is 3.89. The van der Waals surface area contributed by atoms with Crippen LogP contribution in [0.15, 0.2) is 6.07 Å². The number of aryl methyl sites for hydroxylation is 2. The number of likely N-dealkylation sites (tertiary alicyclic amines) is 1. The predicted octanol–water partition coefficient (Wildman–Crippen LogP) is 2.58. The summed E-state index contributed by atoms with van der Waals surface area (Å²) in [7, 11) is 0. The molecule has 0 spiro atoms. The van der Waals surface area contributed by atoms with E-state index in [2.05, 4.69) is 6.07 Å². The standard InChI is InChI=1S/C15H22N2OS/c16-12-6-8-17(9-7-12)15(18)14-10-11-4-2-1-3-5-13(11)19-14/h10,12H,1-9,16H2. The predicted molar refractivity (Wildman–Crippen MR) is 78.7 cm³/mol. The van der Waals surface area contributed by atoms with Gasteiger partial charge in [-0.15, -0.1) is 11.3 Å². The van der Waals surface area contributed by atoms with E-state index in [-0.39, 0.29) is 11.9 Å². The van der Waals surface area contributed by atoms with E-state index in [4.69, 9.17) is 5.73 Å². The lowest BCUT2D eigenvalue weighted by Crippen LogP contribution is -2.42. The summed E-state index contributed by atoms with van der Waals surface area (Å²) in [4.78, 5) is 16.9. The van der Waals surface area contributed by atoms with E-state index in [1.807, 2.05) is 4.90 Å². The van der Waals surface area contributed by atoms with Gasteiger partial charge in [0.1, 0.15) is 0 Å². The van der Waals surface area contributed by atoms with Crippen LogP contribution in [-0.2, 0) is 12.8 Å². The lowest BCUT2D eigenvalue weighted by Gasteiger charge is -2.29. The lowest BCUT2D eigenvalue weighted by molar-refractivity contribution is 0.0719. The van der Waals surface area contributed by atoms with Crippen LogP contribution in [0.3, 0.4) is 0 Å². The molecule has 1 aliphatic carbocycles. The average molecular weight is 278 g/mol. The molecule has 1 aromatic rings. The molecule has 1 amide bonds. The third-order valence-corrected chi connectivity index (χ3v) is 5.51. The SMILES string of the molecule is NC1CCN(C(=O)c2cc3c(s2)CCCCC3)CC1. The van der Waals surface area contributed by atoms with Gasteiger partial charge in [0.05, 0.1) is 4.88 Å². The molecule has 2 N–H and O–H groups in total. The number of rotatable bonds is 1. The summed E-state index contributed by atoms with van der Waals surface area (Å²) < 4.78 is 0. The Morgan fingerprint density at radius 2 is 1.95 bits per heavy atom. The molecule has 0 aromatic carbocycles. The van der Waals surface area contributed by atoms with Crippen molar-refractivity contribution in [3.05, 3.63) is 21.4 Å². The van der Waals surface area contributed by atoms with Crippen LogP contribution in [0.4, 0.5) is 0 Å². The summed E-state index contributed by atoms with van der Waals surface area (Å²) in [5.74, 6) is 0.227. The number of amides is 1. The molecular weight excluding hydrogens is 256 g/mol. The fourth-order valence-corrected chi connectivity index (χ4v) is 4.25. The maximum Gasteiger partial charge on any atom is 0.263 e. The maximum absolute atomic E-state index is 12.5. The van der Waals surface area contributed by atoms with Gasteiger partial charge in [-0.3, -0.25) is 4.79 Å². The molecule has 4 heteroatoms. The average Bonchev–Trinajstić information content (AvgIpc) is 2.70. The Morgan fingerprint density at radius 1 is 1.21 bits per heavy atom. The summed E-state index contributed by atoms with van der Waals surface area (Å²) >= 11 is 1.73. The zero-order chi connectivity index (χ0) is 13.2. The van der Waals surface area contributed by atoms with E-state index in [1.54, 1.807) is 11.3 Å². The highest BCUT2D eigenvalue weighted by Gasteiger charge is 2.24. The van der Waals surface area contributed by atoms with Gasteiger partial charge < -0.3 is 10.6 Å². The van der Waals surface area contributed by atoms with Crippen molar-refractivity contribution in [1.29, 1.82) is 0 Å². The largest absolute Gasteiger partial charge is 0.338 e. The second kappa shape index (κ2) is 5.63. The Labute approximate surface area is 118 Å². The highest BCUT2D eigenvalue weighted by Crippen LogP contribution is 2.30. The first-order valence-electron chi connectivity index (χ1n) is 7.40. The Bertz CT molecular complexity index is 437. The Balaban J connectivity index is 1.73. The summed E-state index contributed by atoms with van der Waals surface area (Å²) in [6, 6.07) is 2.44. The lowest BCUT2D eigenvalue weighted by atomic mass is 10.1. The number of piperidine rings is 1. The van der Waals surface area contributed by atoms with Crippen LogP contribution in [-0.4, -0.2) is 29.9 Å². The Hall–Kier alpha value is -0.870. The van der Waals surface area contributed by atoms with Crippen molar-refractivity contribution < 1.29 is 4.79 Å². The second-order valence-electron chi connectivity index (χ2n) is 5.75. The molecule has 1 aliphatic heterocycles. The first-order chi connectivity index (χ1) is 9.24. The van der Waals surface area contributed by atoms with Crippen LogP contribution >= 0.6 is 11.3 Å². The molecule has 0 unspecified atom stereocenters. The number of fused-ring (bicyclic) bond motifs is 1. The molecule has 0 saturated carbocycles. The normalized spacial score (nSPS) is 21.0. The van der Waals surface area contributed by atoms with Crippen LogP contribution in [0, 0.1) is 0 Å². The zero-order valence-electron chi connectivity index (χ0n) is 11.4. The highest BCUT2D eigenvalue weighted by molar-refractivity contribution is 7.14. The topological polar surface area (TPSA) is 46.3 Å². The molecule has 104 valence electrons. The summed E-state index contributed by atoms with van der Waals surface area (Å²) in [5.41, 5.74) is 7.33. The van der Waals surface area contributed by atoms with Gasteiger partial charge in [-0.25, -0.2) is 0 Å². The van der Waals surface area contributed by atoms with E-state index in [0.29, 0.717) is 0 Å². The molecule has 1 saturated heterocycles. The highest BCUT2D eigenvalue weighted by atomic mass is 32.1. The van der Waals surface area contributed by atoms with Crippen molar-refractivity contribution >= 4 is 17.2 Å². The fourth-order valence-electron chi connectivity index (χ4n) is 3.03. The summed E-state index contributed by atoms with van der Waals surface area (Å²) in [6.07, 6.45) is 8.08. The van der Waals surface area contributed by atoms with Crippen molar-refractivity contribution in [2.45, 2.75) is 51.0 Å². The molecular formula is C15H22N2OS. The van der Waals surface area contributed by atoms with Crippen molar-refractivity contribution in [2.75, 3.05) is 13.1 Å². The minimum atomic E-state index is 0.227. The van der Waals surface area contributed by atoms with Gasteiger partial charge in [0.2, 0.25) is 0 Å². The van der Waals surface area contributed by atoms with Crippen LogP contribution < -0.4 is 5.73 Å². The van der Waals surface area contributed by atoms with Crippen LogP contribution in [0.1, 0.15) is 52.2 Å². The fraction of sp³-hybridized carbons (Fsp3) is 0.667. The molecule has 1 fully saturated rings. The number of hydrogen-bond donors (Lipinski definition) is 1. The van der Waals surface area contributed by atoms with E-state index < -0.39 is 0 Å². The van der Waals surface area contributed by atoms with E-state index in [0.717, 1.165) is 43.6 Å². The Morgan fingerprint density at radius 3 is 2.74 bits per heavy atom. The van der Waals surface area contributed by atoms with E-state index >= 15 is 0 Å². The molecule has 3 nitrogen and oxygen atoms in total. The first kappa shape index (κ1) is 13.1. The molecule has 3 rings (SSSR count). The molecule has 1 aromatic heterocycles. The number of carbonyl (C=O) groups is 1. The maximum atomic E-state index is 12.5. The van der Waals surface area contributed by atoms with Crippen molar-refractivity contribution in [3.63, 3.8) is 0 Å². The number of thiophene rings is 1. The van der Waals surface area contributed by atoms with Crippen molar-refractivity contribution in [1.82, 2.24) is 4.90 Å². The van der Waals surface area contributed by atoms with Gasteiger partial charge in [-0.05, 0) is 50.2 Å². The third kappa shape index (κ3) is 2.84. The number of hydrogen-bond acceptors (Lipinski definition) is 3. The monoisotopic (exact) mass is 278 g/mol. The third-order valence-electron chi connectivity index (χ3n) is 4.28. The van der Waals surface area contributed by atoms with E-state index in [1.165, 1.54) is 29.7 Å². The van der Waals surface area contributed by atoms with Gasteiger partial charge in [0.15, 0.2) is 0 Å². The second-order valence-corrected chi connectivity index (χ2v) is 6.89. The van der Waals surface area contributed by atoms with Crippen LogP contribution in [0.2, 0.25) is 0 Å². The van der Waals surface area contributed by atoms with Gasteiger partial charge >= 0.3 is 0 Å². The van der Waals surface area contributed by atoms with Gasteiger partial charge in [-0.1, -0.05) is 6.42 Å². The van der Waals surface area contributed by atoms with Gasteiger partial charge in [-0.2, -0.15) is 0 Å². The smallest absolute Gasteiger partial charge is 0.263 e. The minimum Gasteiger partial charge on any atom is -0.338 e. The molecule has 0 bridgehead atoms. The molecule has 2 aliphatic rings. The first-order valence-corrected chi connectivity index (χ1v) is 8.22. The molecule has 19 heavy (non-hydrogen) atoms. The number of nitrogens with zero attached hydrogens (tertiary/aromatic N) is 1. The number of nitrogens with two attached hydrogens (primary N) is 1. The van der Waals surface area contributed by atoms with Crippen LogP contribution in [0.5, 0.6) is 0 Å². The zero-order valence-corrected chi connectivity index (χ0v) is 12.2. The summed E-state index contributed by atoms with van der Waals surface area (Å²) in [6.45, 7) is 1.64. The van der Waals surface area contributed by atoms with Gasteiger partial charge in [0.25, 0.3) is 5.91 Å². The van der Waals surface area contributed by atoms with Crippen LogP contribution in [0.25, 0.3) is 0 Å². The number of carbonyl (C=O) groups excluding carboxylic acids is 1. The van der Waals surface area contributed by atoms with Gasteiger partial charge in [0, 0.05) is 24.0 Å². The summed E-state index contributed by atoms with van der Waals surface area (Å²) in [5, 5.41) is 0. The molecule has 2 heterocycles. The molecule has 0 radical (unpaired) electrons.